The number of aromatic hydroxyl groups is 1. The van der Waals surface area contributed by atoms with E-state index in [1.807, 2.05) is 0 Å². The lowest BCUT2D eigenvalue weighted by Crippen LogP contribution is -2.08. The smallest absolute Gasteiger partial charge is 0.139 e. The summed E-state index contributed by atoms with van der Waals surface area (Å²) in [5.74, 6) is 0.0957. The second-order valence-corrected chi connectivity index (χ2v) is 6.24. The van der Waals surface area contributed by atoms with Crippen LogP contribution in [-0.4, -0.2) is 5.11 Å². The van der Waals surface area contributed by atoms with E-state index >= 15 is 0 Å². The molecule has 1 aliphatic rings. The SMILES string of the molecule is Oc1c(Cl)cc(Cl)cc1CNc1cccc2c1CCCC2. The normalized spacial score (nSPS) is 13.8. The van der Waals surface area contributed by atoms with Gasteiger partial charge in [-0.2, -0.15) is 0 Å². The molecule has 0 aromatic heterocycles. The summed E-state index contributed by atoms with van der Waals surface area (Å²) in [6.07, 6.45) is 4.76. The second kappa shape index (κ2) is 6.17. The maximum atomic E-state index is 10.0. The van der Waals surface area contributed by atoms with Crippen LogP contribution in [-0.2, 0) is 19.4 Å². The zero-order chi connectivity index (χ0) is 14.8. The Bertz CT molecular complexity index is 670. The highest BCUT2D eigenvalue weighted by atomic mass is 35.5. The number of fused-ring (bicyclic) bond motifs is 1. The molecule has 0 heterocycles. The number of phenols is 1. The molecule has 0 saturated carbocycles. The Kier molecular flexibility index (Phi) is 4.27. The molecular weight excluding hydrogens is 305 g/mol. The molecule has 4 heteroatoms. The van der Waals surface area contributed by atoms with Gasteiger partial charge in [0.05, 0.1) is 5.02 Å². The van der Waals surface area contributed by atoms with Gasteiger partial charge >= 0.3 is 0 Å². The van der Waals surface area contributed by atoms with Crippen LogP contribution in [0, 0.1) is 0 Å². The van der Waals surface area contributed by atoms with Crippen LogP contribution in [0.25, 0.3) is 0 Å². The van der Waals surface area contributed by atoms with Gasteiger partial charge in [0.15, 0.2) is 0 Å². The van der Waals surface area contributed by atoms with E-state index in [2.05, 4.69) is 23.5 Å². The molecule has 0 unspecified atom stereocenters. The summed E-state index contributed by atoms with van der Waals surface area (Å²) in [6.45, 7) is 0.503. The number of halogens is 2. The van der Waals surface area contributed by atoms with Crippen LogP contribution in [0.15, 0.2) is 30.3 Å². The molecule has 1 aliphatic carbocycles. The summed E-state index contributed by atoms with van der Waals surface area (Å²) in [5.41, 5.74) is 4.68. The van der Waals surface area contributed by atoms with Crippen molar-refractivity contribution in [1.29, 1.82) is 0 Å². The molecule has 0 radical (unpaired) electrons. The van der Waals surface area contributed by atoms with Crippen LogP contribution in [0.3, 0.4) is 0 Å². The van der Waals surface area contributed by atoms with Crippen molar-refractivity contribution < 1.29 is 5.11 Å². The highest BCUT2D eigenvalue weighted by molar-refractivity contribution is 6.35. The van der Waals surface area contributed by atoms with Crippen LogP contribution in [0.5, 0.6) is 5.75 Å². The third kappa shape index (κ3) is 3.12. The molecular formula is C17H17Cl2NO. The van der Waals surface area contributed by atoms with E-state index in [1.54, 1.807) is 12.1 Å². The number of aryl methyl sites for hydroxylation is 1. The maximum Gasteiger partial charge on any atom is 0.139 e. The van der Waals surface area contributed by atoms with Crippen LogP contribution >= 0.6 is 23.2 Å². The van der Waals surface area contributed by atoms with Gasteiger partial charge in [0.1, 0.15) is 5.75 Å². The number of nitrogens with one attached hydrogen (secondary N) is 1. The van der Waals surface area contributed by atoms with Crippen LogP contribution in [0.1, 0.15) is 29.5 Å². The lowest BCUT2D eigenvalue weighted by Gasteiger charge is -2.20. The Hall–Kier alpha value is -1.38. The van der Waals surface area contributed by atoms with Gasteiger partial charge in [-0.3, -0.25) is 0 Å². The van der Waals surface area contributed by atoms with Crippen molar-refractivity contribution in [1.82, 2.24) is 0 Å². The molecule has 2 N–H and O–H groups in total. The molecule has 0 saturated heterocycles. The van der Waals surface area contributed by atoms with Gasteiger partial charge in [-0.05, 0) is 55.0 Å². The first-order valence-electron chi connectivity index (χ1n) is 7.16. The molecule has 110 valence electrons. The standard InChI is InChI=1S/C17H17Cl2NO/c18-13-8-12(17(21)15(19)9-13)10-20-16-7-3-5-11-4-1-2-6-14(11)16/h3,5,7-9,20-21H,1-2,4,6,10H2. The average molecular weight is 322 g/mol. The fourth-order valence-corrected chi connectivity index (χ4v) is 3.43. The monoisotopic (exact) mass is 321 g/mol. The number of rotatable bonds is 3. The zero-order valence-corrected chi connectivity index (χ0v) is 13.1. The quantitative estimate of drug-likeness (QED) is 0.815. The van der Waals surface area contributed by atoms with Crippen molar-refractivity contribution in [3.63, 3.8) is 0 Å². The molecule has 0 fully saturated rings. The van der Waals surface area contributed by atoms with Crippen LogP contribution in [0.2, 0.25) is 10.0 Å². The Morgan fingerprint density at radius 3 is 2.76 bits per heavy atom. The Balaban J connectivity index is 1.83. The summed E-state index contributed by atoms with van der Waals surface area (Å²) in [5, 5.41) is 14.2. The van der Waals surface area contributed by atoms with E-state index in [-0.39, 0.29) is 10.8 Å². The first-order valence-corrected chi connectivity index (χ1v) is 7.92. The molecule has 0 aliphatic heterocycles. The minimum atomic E-state index is 0.0957. The fourth-order valence-electron chi connectivity index (χ4n) is 2.89. The van der Waals surface area contributed by atoms with E-state index < -0.39 is 0 Å². The van der Waals surface area contributed by atoms with Crippen molar-refractivity contribution in [2.45, 2.75) is 32.2 Å². The third-order valence-corrected chi connectivity index (χ3v) is 4.48. The average Bonchev–Trinajstić information content (AvgIpc) is 2.49. The van der Waals surface area contributed by atoms with E-state index in [0.29, 0.717) is 17.1 Å². The topological polar surface area (TPSA) is 32.3 Å². The van der Waals surface area contributed by atoms with E-state index in [0.717, 1.165) is 18.5 Å². The van der Waals surface area contributed by atoms with Gasteiger partial charge in [0.25, 0.3) is 0 Å². The van der Waals surface area contributed by atoms with Gasteiger partial charge in [-0.1, -0.05) is 35.3 Å². The van der Waals surface area contributed by atoms with Gasteiger partial charge in [0, 0.05) is 22.8 Å². The van der Waals surface area contributed by atoms with E-state index in [9.17, 15) is 5.11 Å². The van der Waals surface area contributed by atoms with Gasteiger partial charge in [0.2, 0.25) is 0 Å². The van der Waals surface area contributed by atoms with Crippen molar-refractivity contribution in [3.05, 3.63) is 57.1 Å². The molecule has 2 aromatic carbocycles. The molecule has 0 spiro atoms. The summed E-state index contributed by atoms with van der Waals surface area (Å²) < 4.78 is 0. The zero-order valence-electron chi connectivity index (χ0n) is 11.6. The first kappa shape index (κ1) is 14.6. The minimum Gasteiger partial charge on any atom is -0.506 e. The van der Waals surface area contributed by atoms with Gasteiger partial charge in [-0.25, -0.2) is 0 Å². The van der Waals surface area contributed by atoms with Crippen molar-refractivity contribution in [2.75, 3.05) is 5.32 Å². The lowest BCUT2D eigenvalue weighted by molar-refractivity contribution is 0.469. The van der Waals surface area contributed by atoms with Crippen LogP contribution in [0.4, 0.5) is 5.69 Å². The maximum absolute atomic E-state index is 10.0. The molecule has 0 amide bonds. The van der Waals surface area contributed by atoms with E-state index in [4.69, 9.17) is 23.2 Å². The van der Waals surface area contributed by atoms with Crippen molar-refractivity contribution in [3.8, 4) is 5.75 Å². The molecule has 21 heavy (non-hydrogen) atoms. The predicted octanol–water partition coefficient (Wildman–Crippen LogP) is 5.19. The molecule has 2 aromatic rings. The second-order valence-electron chi connectivity index (χ2n) is 5.40. The minimum absolute atomic E-state index is 0.0957. The third-order valence-electron chi connectivity index (χ3n) is 3.97. The highest BCUT2D eigenvalue weighted by Crippen LogP contribution is 2.33. The fraction of sp³-hybridized carbons (Fsp3) is 0.294. The van der Waals surface area contributed by atoms with Crippen molar-refractivity contribution >= 4 is 28.9 Å². The highest BCUT2D eigenvalue weighted by Gasteiger charge is 2.13. The Morgan fingerprint density at radius 2 is 1.90 bits per heavy atom. The molecule has 0 atom stereocenters. The number of benzene rings is 2. The Labute approximate surface area is 134 Å². The molecule has 3 rings (SSSR count). The predicted molar refractivity (Wildman–Crippen MR) is 88.5 cm³/mol. The number of phenolic OH excluding ortho intramolecular Hbond substituents is 1. The van der Waals surface area contributed by atoms with E-state index in [1.165, 1.54) is 24.0 Å². The summed E-state index contributed by atoms with van der Waals surface area (Å²) in [4.78, 5) is 0. The summed E-state index contributed by atoms with van der Waals surface area (Å²) in [6, 6.07) is 9.66. The van der Waals surface area contributed by atoms with Gasteiger partial charge < -0.3 is 10.4 Å². The number of anilines is 1. The summed E-state index contributed by atoms with van der Waals surface area (Å²) in [7, 11) is 0. The number of hydrogen-bond donors (Lipinski definition) is 2. The van der Waals surface area contributed by atoms with Crippen molar-refractivity contribution in [2.24, 2.45) is 0 Å². The molecule has 0 bridgehead atoms. The Morgan fingerprint density at radius 1 is 1.10 bits per heavy atom. The largest absolute Gasteiger partial charge is 0.506 e. The lowest BCUT2D eigenvalue weighted by atomic mass is 9.90. The summed E-state index contributed by atoms with van der Waals surface area (Å²) >= 11 is 11.9. The number of hydrogen-bond acceptors (Lipinski definition) is 2. The van der Waals surface area contributed by atoms with Gasteiger partial charge in [-0.15, -0.1) is 0 Å². The van der Waals surface area contributed by atoms with Crippen LogP contribution < -0.4 is 5.32 Å². The first-order chi connectivity index (χ1) is 10.1. The molecule has 2 nitrogen and oxygen atoms in total.